The van der Waals surface area contributed by atoms with Crippen LogP contribution in [0.2, 0.25) is 0 Å². The van der Waals surface area contributed by atoms with Gasteiger partial charge in [0.25, 0.3) is 5.91 Å². The Labute approximate surface area is 134 Å². The minimum atomic E-state index is 0.0480. The average Bonchev–Trinajstić information content (AvgIpc) is 2.98. The van der Waals surface area contributed by atoms with E-state index < -0.39 is 0 Å². The third-order valence-electron chi connectivity index (χ3n) is 4.40. The van der Waals surface area contributed by atoms with Gasteiger partial charge in [-0.15, -0.1) is 0 Å². The molecule has 0 aliphatic carbocycles. The number of amides is 1. The highest BCUT2D eigenvalue weighted by Gasteiger charge is 2.27. The fourth-order valence-electron chi connectivity index (χ4n) is 3.20. The molecule has 2 aromatic carbocycles. The van der Waals surface area contributed by atoms with Crippen molar-refractivity contribution in [1.29, 1.82) is 5.26 Å². The molecule has 4 heteroatoms. The van der Waals surface area contributed by atoms with Crippen molar-refractivity contribution in [2.24, 2.45) is 0 Å². The highest BCUT2D eigenvalue weighted by Crippen LogP contribution is 2.28. The van der Waals surface area contributed by atoms with Crippen molar-refractivity contribution in [2.45, 2.75) is 13.0 Å². The summed E-state index contributed by atoms with van der Waals surface area (Å²) in [6.07, 6.45) is 0.862. The first-order valence-corrected chi connectivity index (χ1v) is 7.64. The highest BCUT2D eigenvalue weighted by molar-refractivity contribution is 6.02. The second kappa shape index (κ2) is 5.29. The maximum Gasteiger partial charge on any atom is 0.270 e. The van der Waals surface area contributed by atoms with Gasteiger partial charge in [0.2, 0.25) is 0 Å². The smallest absolute Gasteiger partial charge is 0.270 e. The summed E-state index contributed by atoms with van der Waals surface area (Å²) in [6.45, 7) is 1.28. The monoisotopic (exact) mass is 301 g/mol. The molecule has 0 fully saturated rings. The molecule has 1 aromatic heterocycles. The van der Waals surface area contributed by atoms with Gasteiger partial charge in [-0.3, -0.25) is 4.79 Å². The number of hydrogen-bond donors (Lipinski definition) is 1. The van der Waals surface area contributed by atoms with E-state index in [2.05, 4.69) is 17.1 Å². The van der Waals surface area contributed by atoms with Crippen molar-refractivity contribution in [3.63, 3.8) is 0 Å². The topological polar surface area (TPSA) is 59.9 Å². The van der Waals surface area contributed by atoms with Gasteiger partial charge < -0.3 is 9.88 Å². The number of rotatable bonds is 2. The van der Waals surface area contributed by atoms with Crippen molar-refractivity contribution in [3.05, 3.63) is 70.9 Å². The van der Waals surface area contributed by atoms with Crippen molar-refractivity contribution >= 4 is 16.8 Å². The molecule has 1 aliphatic rings. The van der Waals surface area contributed by atoms with Crippen molar-refractivity contribution < 1.29 is 4.79 Å². The Morgan fingerprint density at radius 2 is 1.91 bits per heavy atom. The molecule has 1 N–H and O–H groups in total. The molecule has 0 atom stereocenters. The van der Waals surface area contributed by atoms with Crippen LogP contribution in [0.4, 0.5) is 0 Å². The predicted molar refractivity (Wildman–Crippen MR) is 87.9 cm³/mol. The lowest BCUT2D eigenvalue weighted by atomic mass is 10.0. The molecule has 0 saturated carbocycles. The molecule has 0 radical (unpaired) electrons. The SMILES string of the molecule is N#Cc1ccc(CN2CCc3c([nH]c4ccccc34)C2=O)cc1. The third-order valence-corrected chi connectivity index (χ3v) is 4.40. The lowest BCUT2D eigenvalue weighted by molar-refractivity contribution is 0.0722. The number of carbonyl (C=O) groups is 1. The Kier molecular flexibility index (Phi) is 3.13. The van der Waals surface area contributed by atoms with Crippen LogP contribution in [0, 0.1) is 11.3 Å². The van der Waals surface area contributed by atoms with E-state index in [0.29, 0.717) is 24.3 Å². The van der Waals surface area contributed by atoms with Gasteiger partial charge in [-0.1, -0.05) is 30.3 Å². The third kappa shape index (κ3) is 2.27. The van der Waals surface area contributed by atoms with E-state index >= 15 is 0 Å². The fourth-order valence-corrected chi connectivity index (χ4v) is 3.20. The molecular weight excluding hydrogens is 286 g/mol. The van der Waals surface area contributed by atoms with Crippen LogP contribution >= 0.6 is 0 Å². The number of nitriles is 1. The maximum absolute atomic E-state index is 12.8. The van der Waals surface area contributed by atoms with Crippen LogP contribution in [0.3, 0.4) is 0 Å². The van der Waals surface area contributed by atoms with E-state index in [1.807, 2.05) is 35.2 Å². The summed E-state index contributed by atoms with van der Waals surface area (Å²) in [7, 11) is 0. The molecule has 3 aromatic rings. The van der Waals surface area contributed by atoms with Crippen LogP contribution in [0.1, 0.15) is 27.2 Å². The molecule has 1 amide bonds. The zero-order valence-corrected chi connectivity index (χ0v) is 12.5. The number of aromatic amines is 1. The van der Waals surface area contributed by atoms with Gasteiger partial charge in [-0.05, 0) is 35.7 Å². The first-order chi connectivity index (χ1) is 11.3. The Morgan fingerprint density at radius 3 is 2.70 bits per heavy atom. The molecule has 23 heavy (non-hydrogen) atoms. The van der Waals surface area contributed by atoms with Gasteiger partial charge in [0.1, 0.15) is 5.69 Å². The second-order valence-corrected chi connectivity index (χ2v) is 5.81. The van der Waals surface area contributed by atoms with Crippen molar-refractivity contribution in [1.82, 2.24) is 9.88 Å². The van der Waals surface area contributed by atoms with Gasteiger partial charge in [0.05, 0.1) is 11.6 Å². The van der Waals surface area contributed by atoms with E-state index in [9.17, 15) is 4.79 Å². The number of nitrogens with one attached hydrogen (secondary N) is 1. The molecule has 1 aliphatic heterocycles. The Hall–Kier alpha value is -3.06. The zero-order valence-electron chi connectivity index (χ0n) is 12.5. The molecule has 2 heterocycles. The van der Waals surface area contributed by atoms with Crippen LogP contribution in [0.5, 0.6) is 0 Å². The number of nitrogens with zero attached hydrogens (tertiary/aromatic N) is 2. The fraction of sp³-hybridized carbons (Fsp3) is 0.158. The lowest BCUT2D eigenvalue weighted by Crippen LogP contribution is -2.36. The Morgan fingerprint density at radius 1 is 1.13 bits per heavy atom. The van der Waals surface area contributed by atoms with E-state index in [1.165, 1.54) is 0 Å². The average molecular weight is 301 g/mol. The molecule has 0 spiro atoms. The summed E-state index contributed by atoms with van der Waals surface area (Å²) in [5, 5.41) is 10.00. The largest absolute Gasteiger partial charge is 0.350 e. The summed E-state index contributed by atoms with van der Waals surface area (Å²) < 4.78 is 0. The van der Waals surface area contributed by atoms with Crippen LogP contribution in [-0.2, 0) is 13.0 Å². The lowest BCUT2D eigenvalue weighted by Gasteiger charge is -2.27. The van der Waals surface area contributed by atoms with Crippen LogP contribution in [0.15, 0.2) is 48.5 Å². The molecule has 0 unspecified atom stereocenters. The highest BCUT2D eigenvalue weighted by atomic mass is 16.2. The van der Waals surface area contributed by atoms with Gasteiger partial charge in [0, 0.05) is 24.0 Å². The standard InChI is InChI=1S/C19H15N3O/c20-11-13-5-7-14(8-6-13)12-22-10-9-16-15-3-1-2-4-17(15)21-18(16)19(22)23/h1-8,21H,9-10,12H2. The van der Waals surface area contributed by atoms with Crippen molar-refractivity contribution in [2.75, 3.05) is 6.54 Å². The summed E-state index contributed by atoms with van der Waals surface area (Å²) >= 11 is 0. The number of aromatic nitrogens is 1. The zero-order chi connectivity index (χ0) is 15.8. The van der Waals surface area contributed by atoms with Crippen LogP contribution in [0.25, 0.3) is 10.9 Å². The van der Waals surface area contributed by atoms with Gasteiger partial charge in [0.15, 0.2) is 0 Å². The second-order valence-electron chi connectivity index (χ2n) is 5.81. The first-order valence-electron chi connectivity index (χ1n) is 7.64. The number of H-pyrrole nitrogens is 1. The van der Waals surface area contributed by atoms with Crippen molar-refractivity contribution in [3.8, 4) is 6.07 Å². The number of fused-ring (bicyclic) bond motifs is 3. The van der Waals surface area contributed by atoms with E-state index in [-0.39, 0.29) is 5.91 Å². The Bertz CT molecular complexity index is 931. The quantitative estimate of drug-likeness (QED) is 0.790. The minimum absolute atomic E-state index is 0.0480. The van der Waals surface area contributed by atoms with E-state index in [4.69, 9.17) is 5.26 Å². The van der Waals surface area contributed by atoms with Gasteiger partial charge >= 0.3 is 0 Å². The van der Waals surface area contributed by atoms with Crippen LogP contribution < -0.4 is 0 Å². The number of benzene rings is 2. The van der Waals surface area contributed by atoms with Gasteiger partial charge in [-0.25, -0.2) is 0 Å². The molecule has 0 saturated heterocycles. The molecule has 4 nitrogen and oxygen atoms in total. The normalized spacial score (nSPS) is 13.9. The summed E-state index contributed by atoms with van der Waals surface area (Å²) in [6, 6.07) is 17.6. The molecule has 112 valence electrons. The Balaban J connectivity index is 1.63. The van der Waals surface area contributed by atoms with Gasteiger partial charge in [-0.2, -0.15) is 5.26 Å². The molecular formula is C19H15N3O. The number of hydrogen-bond acceptors (Lipinski definition) is 2. The summed E-state index contributed by atoms with van der Waals surface area (Å²) in [4.78, 5) is 17.9. The van der Waals surface area contributed by atoms with E-state index in [0.717, 1.165) is 28.5 Å². The predicted octanol–water partition coefficient (Wildman–Crippen LogP) is 3.24. The summed E-state index contributed by atoms with van der Waals surface area (Å²) in [5.41, 5.74) is 4.53. The summed E-state index contributed by atoms with van der Waals surface area (Å²) in [5.74, 6) is 0.0480. The first kappa shape index (κ1) is 13.6. The maximum atomic E-state index is 12.8. The molecule has 4 rings (SSSR count). The number of para-hydroxylation sites is 1. The molecule has 0 bridgehead atoms. The minimum Gasteiger partial charge on any atom is -0.350 e. The van der Waals surface area contributed by atoms with Crippen LogP contribution in [-0.4, -0.2) is 22.3 Å². The van der Waals surface area contributed by atoms with E-state index in [1.54, 1.807) is 12.1 Å². The number of carbonyl (C=O) groups excluding carboxylic acids is 1.